The molecule has 0 radical (unpaired) electrons. The smallest absolute Gasteiger partial charge is 0.239 e. The number of likely N-dealkylation sites (N-methyl/N-ethyl adjacent to an activating group) is 1. The average Bonchev–Trinajstić information content (AvgIpc) is 3.51. The van der Waals surface area contributed by atoms with Gasteiger partial charge in [0, 0.05) is 82.5 Å². The van der Waals surface area contributed by atoms with Crippen molar-refractivity contribution in [1.82, 2.24) is 40.9 Å². The second kappa shape index (κ2) is 45.8. The number of carbonyl (C=O) groups excluding carboxylic acids is 8. The van der Waals surface area contributed by atoms with Crippen molar-refractivity contribution >= 4 is 47.1 Å². The molecule has 0 aliphatic rings. The van der Waals surface area contributed by atoms with Crippen LogP contribution in [0.1, 0.15) is 138 Å². The van der Waals surface area contributed by atoms with E-state index in [0.29, 0.717) is 116 Å². The number of nitrogens with one attached hydrogen (secondary N) is 4. The van der Waals surface area contributed by atoms with Crippen LogP contribution in [0.5, 0.6) is 0 Å². The third kappa shape index (κ3) is 32.5. The molecular weight excluding hydrogens is 1150 g/mol. The Hall–Kier alpha value is -7.36. The molecule has 4 atom stereocenters. The lowest BCUT2D eigenvalue weighted by Gasteiger charge is -2.32. The second-order valence-electron chi connectivity index (χ2n) is 23.8. The number of hydrogen-bond donors (Lipinski definition) is 8. The van der Waals surface area contributed by atoms with Crippen molar-refractivity contribution in [2.24, 2.45) is 22.9 Å². The van der Waals surface area contributed by atoms with E-state index in [2.05, 4.69) is 21.3 Å². The Labute approximate surface area is 542 Å². The fourth-order valence-electron chi connectivity index (χ4n) is 11.1. The molecule has 20 nitrogen and oxygen atoms in total. The Balaban J connectivity index is 1.64. The summed E-state index contributed by atoms with van der Waals surface area (Å²) in [4.78, 5) is 120. The number of nitrogens with two attached hydrogens (primary N) is 4. The third-order valence-electron chi connectivity index (χ3n) is 16.4. The van der Waals surface area contributed by atoms with Crippen LogP contribution in [0, 0.1) is 0 Å². The molecule has 0 bridgehead atoms. The third-order valence-corrected chi connectivity index (χ3v) is 16.4. The molecule has 500 valence electrons. The molecule has 20 heteroatoms. The van der Waals surface area contributed by atoms with Gasteiger partial charge in [-0.25, -0.2) is 0 Å². The Morgan fingerprint density at radius 3 is 0.835 bits per heavy atom. The summed E-state index contributed by atoms with van der Waals surface area (Å²) in [7, 11) is 1.84. The molecule has 4 rings (SSSR count). The standard InChI is InChI=1S/C71H108N12O8/c1-3-64(84)52-80(68(88)40-36-56-24-8-4-9-25-56)49-61(33-17-21-45-73)77-66(86)54-82(70(90)42-38-58-28-12-6-13-29-58)51-63(35-19-23-47-75)79-67(87)55-83(71(91)43-39-59-30-14-7-15-31-59)50-62(34-18-22-46-74)78-65(85)53-81(48-60(76-2)32-16-20-44-72)69(89)41-37-57-26-10-5-11-27-57/h4-15,24-31,60-63,76H,3,16-23,32-55,72-75H2,1-2H3,(H,77,86)(H,78,85)(H,79,87)/t60-,61-,62-,63-/m0/s1. The molecule has 0 aliphatic heterocycles. The van der Waals surface area contributed by atoms with E-state index in [4.69, 9.17) is 22.9 Å². The van der Waals surface area contributed by atoms with Crippen molar-refractivity contribution < 1.29 is 38.4 Å². The number of ketones is 1. The minimum absolute atomic E-state index is 0.0191. The highest BCUT2D eigenvalue weighted by Gasteiger charge is 2.30. The van der Waals surface area contributed by atoms with E-state index < -0.39 is 35.8 Å². The summed E-state index contributed by atoms with van der Waals surface area (Å²) >= 11 is 0. The maximum absolute atomic E-state index is 14.7. The molecule has 12 N–H and O–H groups in total. The largest absolute Gasteiger partial charge is 0.350 e. The highest BCUT2D eigenvalue weighted by atomic mass is 16.2. The van der Waals surface area contributed by atoms with Gasteiger partial charge in [-0.3, -0.25) is 38.4 Å². The zero-order valence-corrected chi connectivity index (χ0v) is 54.6. The van der Waals surface area contributed by atoms with E-state index in [1.807, 2.05) is 128 Å². The van der Waals surface area contributed by atoms with Gasteiger partial charge in [0.15, 0.2) is 5.78 Å². The lowest BCUT2D eigenvalue weighted by atomic mass is 10.1. The van der Waals surface area contributed by atoms with Gasteiger partial charge in [0.05, 0.1) is 26.2 Å². The van der Waals surface area contributed by atoms with E-state index in [0.717, 1.165) is 41.5 Å². The number of nitrogens with zero attached hydrogens (tertiary/aromatic N) is 4. The van der Waals surface area contributed by atoms with Gasteiger partial charge in [0.2, 0.25) is 41.4 Å². The first kappa shape index (κ1) is 76.1. The molecule has 0 aromatic heterocycles. The zero-order valence-electron chi connectivity index (χ0n) is 54.6. The molecule has 0 aliphatic carbocycles. The number of benzene rings is 4. The molecule has 4 aromatic carbocycles. The maximum Gasteiger partial charge on any atom is 0.239 e. The zero-order chi connectivity index (χ0) is 65.9. The van der Waals surface area contributed by atoms with E-state index in [9.17, 15) is 38.4 Å². The van der Waals surface area contributed by atoms with Crippen LogP contribution in [0.2, 0.25) is 0 Å². The highest BCUT2D eigenvalue weighted by Crippen LogP contribution is 2.16. The number of aryl methyl sites for hydroxylation is 4. The van der Waals surface area contributed by atoms with E-state index >= 15 is 0 Å². The Morgan fingerprint density at radius 1 is 0.352 bits per heavy atom. The van der Waals surface area contributed by atoms with Crippen molar-refractivity contribution in [3.8, 4) is 0 Å². The van der Waals surface area contributed by atoms with Crippen molar-refractivity contribution in [2.75, 3.05) is 85.6 Å². The van der Waals surface area contributed by atoms with Crippen LogP contribution >= 0.6 is 0 Å². The summed E-state index contributed by atoms with van der Waals surface area (Å²) in [6.07, 6.45) is 10.0. The lowest BCUT2D eigenvalue weighted by Crippen LogP contribution is -2.54. The van der Waals surface area contributed by atoms with Gasteiger partial charge >= 0.3 is 0 Å². The normalized spacial score (nSPS) is 12.4. The maximum atomic E-state index is 14.7. The summed E-state index contributed by atoms with van der Waals surface area (Å²) in [5.41, 5.74) is 27.6. The molecular formula is C71H108N12O8. The van der Waals surface area contributed by atoms with E-state index in [1.165, 1.54) is 14.7 Å². The number of amides is 7. The first-order valence-electron chi connectivity index (χ1n) is 33.3. The van der Waals surface area contributed by atoms with Crippen molar-refractivity contribution in [3.63, 3.8) is 0 Å². The first-order valence-corrected chi connectivity index (χ1v) is 33.3. The van der Waals surface area contributed by atoms with Crippen LogP contribution in [0.4, 0.5) is 0 Å². The molecule has 0 spiro atoms. The summed E-state index contributed by atoms with van der Waals surface area (Å²) in [6, 6.07) is 36.5. The Kier molecular flexibility index (Phi) is 38.3. The first-order chi connectivity index (χ1) is 44.2. The van der Waals surface area contributed by atoms with Crippen molar-refractivity contribution in [1.29, 1.82) is 0 Å². The predicted molar refractivity (Wildman–Crippen MR) is 361 cm³/mol. The van der Waals surface area contributed by atoms with Gasteiger partial charge in [-0.2, -0.15) is 0 Å². The lowest BCUT2D eigenvalue weighted by molar-refractivity contribution is -0.138. The molecule has 0 fully saturated rings. The molecule has 91 heavy (non-hydrogen) atoms. The summed E-state index contributed by atoms with van der Waals surface area (Å²) in [6.45, 7) is 2.75. The fraction of sp³-hybridized carbons (Fsp3) is 0.549. The molecule has 0 heterocycles. The van der Waals surface area contributed by atoms with Crippen LogP contribution in [0.25, 0.3) is 0 Å². The van der Waals surface area contributed by atoms with Gasteiger partial charge in [-0.05, 0) is 133 Å². The van der Waals surface area contributed by atoms with Crippen LogP contribution in [0.15, 0.2) is 121 Å². The quantitative estimate of drug-likeness (QED) is 0.0259. The molecule has 4 aromatic rings. The monoisotopic (exact) mass is 1260 g/mol. The summed E-state index contributed by atoms with van der Waals surface area (Å²) in [5.74, 6) is -2.50. The number of unbranched alkanes of at least 4 members (excludes halogenated alkanes) is 4. The predicted octanol–water partition coefficient (Wildman–Crippen LogP) is 5.37. The van der Waals surface area contributed by atoms with Gasteiger partial charge < -0.3 is 63.8 Å². The van der Waals surface area contributed by atoms with Crippen molar-refractivity contribution in [2.45, 2.75) is 166 Å². The highest BCUT2D eigenvalue weighted by molar-refractivity contribution is 5.88. The molecule has 0 saturated carbocycles. The molecule has 7 amide bonds. The second-order valence-corrected chi connectivity index (χ2v) is 23.8. The average molecular weight is 1260 g/mol. The number of hydrogen-bond acceptors (Lipinski definition) is 13. The van der Waals surface area contributed by atoms with Crippen LogP contribution in [-0.4, -0.2) is 176 Å². The van der Waals surface area contributed by atoms with E-state index in [1.54, 1.807) is 11.8 Å². The SMILES string of the molecule is CCC(=O)CN(C[C@H](CCCCN)NC(=O)CN(C[C@H](CCCCN)NC(=O)CN(C[C@H](CCCCN)NC(=O)CN(C[C@H](CCCCN)NC)C(=O)CCc1ccccc1)C(=O)CCc1ccccc1)C(=O)CCc1ccccc1)C(=O)CCc1ccccc1. The summed E-state index contributed by atoms with van der Waals surface area (Å²) in [5, 5.41) is 12.8. The van der Waals surface area contributed by atoms with Crippen LogP contribution in [-0.2, 0) is 64.0 Å². The minimum Gasteiger partial charge on any atom is -0.350 e. The molecule has 0 unspecified atom stereocenters. The number of carbonyl (C=O) groups is 8. The van der Waals surface area contributed by atoms with Gasteiger partial charge in [-0.1, -0.05) is 154 Å². The van der Waals surface area contributed by atoms with Crippen LogP contribution in [0.3, 0.4) is 0 Å². The van der Waals surface area contributed by atoms with Gasteiger partial charge in [0.25, 0.3) is 0 Å². The van der Waals surface area contributed by atoms with Crippen LogP contribution < -0.4 is 44.2 Å². The Morgan fingerprint density at radius 2 is 0.593 bits per heavy atom. The minimum atomic E-state index is -0.686. The van der Waals surface area contributed by atoms with Crippen molar-refractivity contribution in [3.05, 3.63) is 144 Å². The van der Waals surface area contributed by atoms with Gasteiger partial charge in [0.1, 0.15) is 0 Å². The number of rotatable bonds is 49. The van der Waals surface area contributed by atoms with E-state index in [-0.39, 0.29) is 113 Å². The topological polar surface area (TPSA) is 302 Å². The molecule has 0 saturated heterocycles. The summed E-state index contributed by atoms with van der Waals surface area (Å²) < 4.78 is 0. The number of Topliss-reactive ketones (excluding diaryl/α,β-unsaturated/α-hetero) is 1. The van der Waals surface area contributed by atoms with Gasteiger partial charge in [-0.15, -0.1) is 0 Å². The fourth-order valence-corrected chi connectivity index (χ4v) is 11.1. The Bertz CT molecular complexity index is 2710.